The van der Waals surface area contributed by atoms with Gasteiger partial charge < -0.3 is 5.11 Å². The molecule has 1 rings (SSSR count). The van der Waals surface area contributed by atoms with Crippen molar-refractivity contribution in [3.8, 4) is 0 Å². The lowest BCUT2D eigenvalue weighted by Crippen LogP contribution is -2.24. The van der Waals surface area contributed by atoms with E-state index in [4.69, 9.17) is 5.11 Å². The van der Waals surface area contributed by atoms with Crippen LogP contribution in [0.3, 0.4) is 0 Å². The van der Waals surface area contributed by atoms with E-state index in [1.54, 1.807) is 0 Å². The molecule has 0 aromatic rings. The first-order valence-corrected chi connectivity index (χ1v) is 7.87. The maximum Gasteiger partial charge on any atom is 0.306 e. The van der Waals surface area contributed by atoms with Crippen LogP contribution in [0.15, 0.2) is 0 Å². The standard InChI is InChI=1S/C11H20O4S/c1-16(14,15)8-7-9-5-3-2-4-6-10(9)11(12)13/h9-10H,2-8H2,1H3,(H,12,13). The summed E-state index contributed by atoms with van der Waals surface area (Å²) in [6, 6.07) is 0. The van der Waals surface area contributed by atoms with Gasteiger partial charge in [0.2, 0.25) is 0 Å². The Labute approximate surface area is 97.0 Å². The molecule has 2 atom stereocenters. The van der Waals surface area contributed by atoms with Crippen molar-refractivity contribution in [2.24, 2.45) is 11.8 Å². The number of carbonyl (C=O) groups is 1. The number of sulfone groups is 1. The minimum atomic E-state index is -2.98. The number of aliphatic carboxylic acids is 1. The van der Waals surface area contributed by atoms with Gasteiger partial charge in [-0.05, 0) is 25.2 Å². The van der Waals surface area contributed by atoms with Gasteiger partial charge in [-0.15, -0.1) is 0 Å². The van der Waals surface area contributed by atoms with E-state index in [1.807, 2.05) is 0 Å². The van der Waals surface area contributed by atoms with E-state index in [9.17, 15) is 13.2 Å². The lowest BCUT2D eigenvalue weighted by atomic mass is 9.86. The van der Waals surface area contributed by atoms with Gasteiger partial charge in [-0.3, -0.25) is 4.79 Å². The molecule has 1 aliphatic rings. The van der Waals surface area contributed by atoms with Crippen LogP contribution < -0.4 is 0 Å². The van der Waals surface area contributed by atoms with E-state index >= 15 is 0 Å². The third-order valence-corrected chi connectivity index (χ3v) is 4.31. The molecule has 16 heavy (non-hydrogen) atoms. The molecule has 0 spiro atoms. The van der Waals surface area contributed by atoms with E-state index < -0.39 is 15.8 Å². The molecule has 0 amide bonds. The molecule has 0 aromatic carbocycles. The Hall–Kier alpha value is -0.580. The zero-order valence-electron chi connectivity index (χ0n) is 9.68. The first-order chi connectivity index (χ1) is 7.40. The molecule has 94 valence electrons. The number of hydrogen-bond acceptors (Lipinski definition) is 3. The van der Waals surface area contributed by atoms with Crippen molar-refractivity contribution in [3.63, 3.8) is 0 Å². The monoisotopic (exact) mass is 248 g/mol. The summed E-state index contributed by atoms with van der Waals surface area (Å²) in [6.07, 6.45) is 6.30. The summed E-state index contributed by atoms with van der Waals surface area (Å²) < 4.78 is 22.2. The number of carboxylic acids is 1. The lowest BCUT2D eigenvalue weighted by Gasteiger charge is -2.20. The zero-order valence-corrected chi connectivity index (χ0v) is 10.5. The number of rotatable bonds is 4. The van der Waals surface area contributed by atoms with Crippen LogP contribution in [0.5, 0.6) is 0 Å². The van der Waals surface area contributed by atoms with E-state index in [2.05, 4.69) is 0 Å². The molecule has 0 bridgehead atoms. The quantitative estimate of drug-likeness (QED) is 0.769. The SMILES string of the molecule is CS(=O)(=O)CCC1CCCCCC1C(=O)O. The van der Waals surface area contributed by atoms with Gasteiger partial charge in [-0.1, -0.05) is 19.3 Å². The Bertz CT molecular complexity index is 334. The molecule has 1 fully saturated rings. The largest absolute Gasteiger partial charge is 0.481 e. The molecule has 0 saturated heterocycles. The first kappa shape index (κ1) is 13.5. The van der Waals surface area contributed by atoms with E-state index in [1.165, 1.54) is 6.26 Å². The Morgan fingerprint density at radius 1 is 1.25 bits per heavy atom. The van der Waals surface area contributed by atoms with E-state index in [-0.39, 0.29) is 17.6 Å². The fourth-order valence-corrected chi connectivity index (χ4v) is 3.15. The van der Waals surface area contributed by atoms with Gasteiger partial charge in [0.25, 0.3) is 0 Å². The highest BCUT2D eigenvalue weighted by Crippen LogP contribution is 2.31. The summed E-state index contributed by atoms with van der Waals surface area (Å²) in [7, 11) is -2.98. The Morgan fingerprint density at radius 3 is 2.44 bits per heavy atom. The van der Waals surface area contributed by atoms with Crippen molar-refractivity contribution in [1.82, 2.24) is 0 Å². The van der Waals surface area contributed by atoms with Gasteiger partial charge in [-0.25, -0.2) is 8.42 Å². The van der Waals surface area contributed by atoms with Crippen LogP contribution in [0.25, 0.3) is 0 Å². The minimum absolute atomic E-state index is 0.0368. The molecular formula is C11H20O4S. The summed E-state index contributed by atoms with van der Waals surface area (Å²) in [4.78, 5) is 11.1. The first-order valence-electron chi connectivity index (χ1n) is 5.80. The summed E-state index contributed by atoms with van der Waals surface area (Å²) in [5, 5.41) is 9.11. The zero-order chi connectivity index (χ0) is 12.2. The molecule has 2 unspecified atom stereocenters. The third kappa shape index (κ3) is 4.51. The molecule has 1 N–H and O–H groups in total. The van der Waals surface area contributed by atoms with Crippen LogP contribution in [-0.2, 0) is 14.6 Å². The van der Waals surface area contributed by atoms with Crippen molar-refractivity contribution in [2.45, 2.75) is 38.5 Å². The van der Waals surface area contributed by atoms with Crippen molar-refractivity contribution in [3.05, 3.63) is 0 Å². The van der Waals surface area contributed by atoms with Gasteiger partial charge in [0.05, 0.1) is 11.7 Å². The maximum atomic E-state index is 11.1. The second-order valence-electron chi connectivity index (χ2n) is 4.76. The summed E-state index contributed by atoms with van der Waals surface area (Å²) >= 11 is 0. The second-order valence-corrected chi connectivity index (χ2v) is 7.02. The van der Waals surface area contributed by atoms with Gasteiger partial charge in [0.1, 0.15) is 9.84 Å². The molecule has 4 nitrogen and oxygen atoms in total. The fourth-order valence-electron chi connectivity index (χ4n) is 2.42. The maximum absolute atomic E-state index is 11.1. The predicted octanol–water partition coefficient (Wildman–Crippen LogP) is 1.70. The second kappa shape index (κ2) is 5.66. The molecule has 0 radical (unpaired) electrons. The molecule has 0 aliphatic heterocycles. The highest BCUT2D eigenvalue weighted by molar-refractivity contribution is 7.90. The summed E-state index contributed by atoms with van der Waals surface area (Å²) in [6.45, 7) is 0. The number of hydrogen-bond donors (Lipinski definition) is 1. The molecule has 0 aromatic heterocycles. The molecular weight excluding hydrogens is 228 g/mol. The summed E-state index contributed by atoms with van der Waals surface area (Å²) in [5.41, 5.74) is 0. The summed E-state index contributed by atoms with van der Waals surface area (Å²) in [5.74, 6) is -0.957. The molecule has 0 heterocycles. The van der Waals surface area contributed by atoms with Gasteiger partial charge in [0.15, 0.2) is 0 Å². The molecule has 1 aliphatic carbocycles. The van der Waals surface area contributed by atoms with Gasteiger partial charge in [0, 0.05) is 6.26 Å². The van der Waals surface area contributed by atoms with E-state index in [0.29, 0.717) is 12.8 Å². The van der Waals surface area contributed by atoms with E-state index in [0.717, 1.165) is 25.7 Å². The Balaban J connectivity index is 2.61. The predicted molar refractivity (Wildman–Crippen MR) is 62.0 cm³/mol. The van der Waals surface area contributed by atoms with Crippen LogP contribution in [0, 0.1) is 11.8 Å². The van der Waals surface area contributed by atoms with Crippen molar-refractivity contribution in [1.29, 1.82) is 0 Å². The molecule has 5 heteroatoms. The average Bonchev–Trinajstić information content (AvgIpc) is 2.38. The highest BCUT2D eigenvalue weighted by atomic mass is 32.2. The Kier molecular flexibility index (Phi) is 4.77. The van der Waals surface area contributed by atoms with Gasteiger partial charge >= 0.3 is 5.97 Å². The van der Waals surface area contributed by atoms with Crippen LogP contribution in [-0.4, -0.2) is 31.5 Å². The highest BCUT2D eigenvalue weighted by Gasteiger charge is 2.29. The molecule has 1 saturated carbocycles. The van der Waals surface area contributed by atoms with Crippen molar-refractivity contribution < 1.29 is 18.3 Å². The smallest absolute Gasteiger partial charge is 0.306 e. The van der Waals surface area contributed by atoms with Crippen LogP contribution in [0.1, 0.15) is 38.5 Å². The van der Waals surface area contributed by atoms with Crippen LogP contribution >= 0.6 is 0 Å². The topological polar surface area (TPSA) is 71.4 Å². The van der Waals surface area contributed by atoms with Crippen LogP contribution in [0.4, 0.5) is 0 Å². The van der Waals surface area contributed by atoms with Crippen molar-refractivity contribution >= 4 is 15.8 Å². The lowest BCUT2D eigenvalue weighted by molar-refractivity contribution is -0.144. The third-order valence-electron chi connectivity index (χ3n) is 3.34. The normalized spacial score (nSPS) is 27.3. The minimum Gasteiger partial charge on any atom is -0.481 e. The Morgan fingerprint density at radius 2 is 1.88 bits per heavy atom. The van der Waals surface area contributed by atoms with Crippen LogP contribution in [0.2, 0.25) is 0 Å². The number of carboxylic acid groups (broad SMARTS) is 1. The van der Waals surface area contributed by atoms with Gasteiger partial charge in [-0.2, -0.15) is 0 Å². The fraction of sp³-hybridized carbons (Fsp3) is 0.909. The average molecular weight is 248 g/mol. The van der Waals surface area contributed by atoms with Crippen molar-refractivity contribution in [2.75, 3.05) is 12.0 Å².